The Balaban J connectivity index is 1.33. The molecule has 1 fully saturated rings. The number of rotatable bonds is 13. The van der Waals surface area contributed by atoms with Crippen molar-refractivity contribution >= 4 is 11.4 Å². The number of hydrogen-bond acceptors (Lipinski definition) is 5. The van der Waals surface area contributed by atoms with E-state index in [1.165, 1.54) is 66.9 Å². The zero-order valence-electron chi connectivity index (χ0n) is 24.5. The number of hydrazine groups is 1. The van der Waals surface area contributed by atoms with Crippen molar-refractivity contribution in [2.24, 2.45) is 17.8 Å². The van der Waals surface area contributed by atoms with Crippen LogP contribution in [0.3, 0.4) is 0 Å². The van der Waals surface area contributed by atoms with Crippen LogP contribution in [0, 0.1) is 17.8 Å². The fraction of sp³-hybridized carbons (Fsp3) is 0.576. The van der Waals surface area contributed by atoms with Crippen molar-refractivity contribution in [3.8, 4) is 0 Å². The van der Waals surface area contributed by atoms with Crippen LogP contribution in [0.25, 0.3) is 0 Å². The Morgan fingerprint density at radius 2 is 1.97 bits per heavy atom. The summed E-state index contributed by atoms with van der Waals surface area (Å²) < 4.78 is 6.05. The molecule has 5 heteroatoms. The highest BCUT2D eigenvalue weighted by Gasteiger charge is 2.35. The normalized spacial score (nSPS) is 23.2. The monoisotopic (exact) mass is 518 g/mol. The van der Waals surface area contributed by atoms with Crippen LogP contribution in [-0.4, -0.2) is 25.7 Å². The molecule has 4 unspecified atom stereocenters. The Kier molecular flexibility index (Phi) is 10.0. The SMILES string of the molecule is C/C=C(\C=C/CC)COC1=CC=C(C2NNc3cc(N4CC(C(C)C(C)CCCCC)C4)ccc32)C(C)N1. The molecule has 38 heavy (non-hydrogen) atoms. The second kappa shape index (κ2) is 13.4. The largest absolute Gasteiger partial charge is 0.474 e. The van der Waals surface area contributed by atoms with Crippen LogP contribution in [0.15, 0.2) is 65.6 Å². The molecular formula is C33H50N4O. The van der Waals surface area contributed by atoms with Crippen LogP contribution in [-0.2, 0) is 4.74 Å². The third-order valence-corrected chi connectivity index (χ3v) is 8.83. The second-order valence-electron chi connectivity index (χ2n) is 11.5. The minimum Gasteiger partial charge on any atom is -0.474 e. The van der Waals surface area contributed by atoms with Gasteiger partial charge in [0, 0.05) is 24.8 Å². The zero-order chi connectivity index (χ0) is 27.1. The Morgan fingerprint density at radius 1 is 1.16 bits per heavy atom. The predicted molar refractivity (Wildman–Crippen MR) is 162 cm³/mol. The number of benzene rings is 1. The Morgan fingerprint density at radius 3 is 2.68 bits per heavy atom. The number of hydrogen-bond donors (Lipinski definition) is 3. The number of anilines is 2. The third kappa shape index (κ3) is 6.66. The van der Waals surface area contributed by atoms with E-state index in [9.17, 15) is 0 Å². The van der Waals surface area contributed by atoms with E-state index in [2.05, 4.69) is 111 Å². The van der Waals surface area contributed by atoms with E-state index in [4.69, 9.17) is 4.74 Å². The fourth-order valence-corrected chi connectivity index (χ4v) is 5.85. The van der Waals surface area contributed by atoms with Crippen molar-refractivity contribution < 1.29 is 4.74 Å². The molecule has 208 valence electrons. The van der Waals surface area contributed by atoms with E-state index in [0.29, 0.717) is 6.61 Å². The molecular weight excluding hydrogens is 468 g/mol. The number of ether oxygens (including phenoxy) is 1. The van der Waals surface area contributed by atoms with Crippen LogP contribution in [0.1, 0.15) is 85.3 Å². The first-order valence-corrected chi connectivity index (χ1v) is 15.0. The summed E-state index contributed by atoms with van der Waals surface area (Å²) in [4.78, 5) is 2.54. The number of fused-ring (bicyclic) bond motifs is 1. The maximum absolute atomic E-state index is 6.05. The van der Waals surface area contributed by atoms with Gasteiger partial charge in [-0.3, -0.25) is 0 Å². The van der Waals surface area contributed by atoms with E-state index >= 15 is 0 Å². The Labute approximate surface area is 231 Å². The van der Waals surface area contributed by atoms with Gasteiger partial charge < -0.3 is 20.4 Å². The van der Waals surface area contributed by atoms with Gasteiger partial charge in [-0.1, -0.05) is 83.7 Å². The molecule has 1 aromatic rings. The molecule has 0 spiro atoms. The summed E-state index contributed by atoms with van der Waals surface area (Å²) in [7, 11) is 0. The van der Waals surface area contributed by atoms with Gasteiger partial charge >= 0.3 is 0 Å². The van der Waals surface area contributed by atoms with Crippen LogP contribution in [0.2, 0.25) is 0 Å². The number of unbranched alkanes of at least 4 members (excludes halogenated alkanes) is 2. The molecule has 4 rings (SSSR count). The average molecular weight is 519 g/mol. The van der Waals surface area contributed by atoms with Crippen molar-refractivity contribution in [3.05, 3.63) is 71.2 Å². The van der Waals surface area contributed by atoms with Gasteiger partial charge in [-0.25, -0.2) is 5.43 Å². The molecule has 3 aliphatic rings. The molecule has 3 N–H and O–H groups in total. The molecule has 3 heterocycles. The van der Waals surface area contributed by atoms with E-state index in [1.807, 2.05) is 0 Å². The third-order valence-electron chi connectivity index (χ3n) is 8.83. The standard InChI is InChI=1S/C33H50N4O/c1-7-10-12-13-23(4)24(5)27-20-37(21-27)28-15-16-30-31(19-28)35-36-33(30)29-17-18-32(34-25(29)6)38-22-26(9-3)14-11-8-2/h9,11,14-19,23-25,27,33-36H,7-8,10,12-13,20-22H2,1-6H3/b14-11-,26-9+. The molecule has 0 aromatic heterocycles. The summed E-state index contributed by atoms with van der Waals surface area (Å²) in [6.07, 6.45) is 17.2. The molecule has 0 amide bonds. The van der Waals surface area contributed by atoms with E-state index < -0.39 is 0 Å². The minimum absolute atomic E-state index is 0.145. The first kappa shape index (κ1) is 28.4. The van der Waals surface area contributed by atoms with Gasteiger partial charge in [0.15, 0.2) is 5.88 Å². The van der Waals surface area contributed by atoms with Crippen molar-refractivity contribution in [1.82, 2.24) is 10.7 Å². The quantitative estimate of drug-likeness (QED) is 0.185. The molecule has 0 aliphatic carbocycles. The molecule has 0 radical (unpaired) electrons. The van der Waals surface area contributed by atoms with Crippen LogP contribution in [0.4, 0.5) is 11.4 Å². The number of nitrogens with one attached hydrogen (secondary N) is 3. The molecule has 1 saturated heterocycles. The highest BCUT2D eigenvalue weighted by molar-refractivity contribution is 5.67. The van der Waals surface area contributed by atoms with E-state index in [-0.39, 0.29) is 12.1 Å². The lowest BCUT2D eigenvalue weighted by molar-refractivity contribution is 0.208. The highest BCUT2D eigenvalue weighted by Crippen LogP contribution is 2.40. The summed E-state index contributed by atoms with van der Waals surface area (Å²) in [6.45, 7) is 16.6. The number of nitrogens with zero attached hydrogens (tertiary/aromatic N) is 1. The lowest BCUT2D eigenvalue weighted by Crippen LogP contribution is -2.50. The topological polar surface area (TPSA) is 48.6 Å². The van der Waals surface area contributed by atoms with Crippen LogP contribution in [0.5, 0.6) is 0 Å². The first-order valence-electron chi connectivity index (χ1n) is 15.0. The van der Waals surface area contributed by atoms with Crippen molar-refractivity contribution in [2.75, 3.05) is 30.0 Å². The van der Waals surface area contributed by atoms with Crippen molar-refractivity contribution in [2.45, 2.75) is 85.7 Å². The first-order chi connectivity index (χ1) is 18.4. The van der Waals surface area contributed by atoms with Crippen LogP contribution >= 0.6 is 0 Å². The summed E-state index contributed by atoms with van der Waals surface area (Å²) in [6, 6.07) is 7.25. The predicted octanol–water partition coefficient (Wildman–Crippen LogP) is 7.64. The lowest BCUT2D eigenvalue weighted by atomic mass is 9.77. The molecule has 4 atom stereocenters. The number of allylic oxidation sites excluding steroid dienone is 4. The zero-order valence-corrected chi connectivity index (χ0v) is 24.5. The van der Waals surface area contributed by atoms with Gasteiger partial charge in [-0.05, 0) is 72.9 Å². The Bertz CT molecular complexity index is 1050. The summed E-state index contributed by atoms with van der Waals surface area (Å²) >= 11 is 0. The Hall–Kier alpha value is -2.66. The van der Waals surface area contributed by atoms with Gasteiger partial charge in [-0.15, -0.1) is 0 Å². The van der Waals surface area contributed by atoms with E-state index in [0.717, 1.165) is 30.1 Å². The molecule has 1 aromatic carbocycles. The summed E-state index contributed by atoms with van der Waals surface area (Å²) in [5, 5.41) is 3.54. The average Bonchev–Trinajstić information content (AvgIpc) is 3.31. The summed E-state index contributed by atoms with van der Waals surface area (Å²) in [5.41, 5.74) is 13.3. The smallest absolute Gasteiger partial charge is 0.187 e. The van der Waals surface area contributed by atoms with Crippen LogP contribution < -0.4 is 21.1 Å². The fourth-order valence-electron chi connectivity index (χ4n) is 5.85. The van der Waals surface area contributed by atoms with Gasteiger partial charge in [0.05, 0.1) is 11.7 Å². The molecule has 3 aliphatic heterocycles. The van der Waals surface area contributed by atoms with Gasteiger partial charge in [0.2, 0.25) is 0 Å². The number of dihydropyridines is 1. The van der Waals surface area contributed by atoms with Gasteiger partial charge in [-0.2, -0.15) is 0 Å². The maximum Gasteiger partial charge on any atom is 0.187 e. The van der Waals surface area contributed by atoms with Crippen molar-refractivity contribution in [3.63, 3.8) is 0 Å². The second-order valence-corrected chi connectivity index (χ2v) is 11.5. The lowest BCUT2D eigenvalue weighted by Gasteiger charge is -2.46. The molecule has 0 bridgehead atoms. The maximum atomic E-state index is 6.05. The highest BCUT2D eigenvalue weighted by atomic mass is 16.5. The van der Waals surface area contributed by atoms with Gasteiger partial charge in [0.1, 0.15) is 6.61 Å². The minimum atomic E-state index is 0.145. The van der Waals surface area contributed by atoms with Gasteiger partial charge in [0.25, 0.3) is 0 Å². The molecule has 5 nitrogen and oxygen atoms in total. The van der Waals surface area contributed by atoms with E-state index in [1.54, 1.807) is 0 Å². The summed E-state index contributed by atoms with van der Waals surface area (Å²) in [5.74, 6) is 3.26. The van der Waals surface area contributed by atoms with Crippen molar-refractivity contribution in [1.29, 1.82) is 0 Å². The molecule has 0 saturated carbocycles.